The minimum absolute atomic E-state index is 0.110. The molecule has 0 bridgehead atoms. The van der Waals surface area contributed by atoms with Crippen molar-refractivity contribution in [2.75, 3.05) is 5.32 Å². The van der Waals surface area contributed by atoms with E-state index >= 15 is 0 Å². The number of anilines is 1. The molecule has 0 atom stereocenters. The van der Waals surface area contributed by atoms with Gasteiger partial charge in [0, 0.05) is 22.3 Å². The molecule has 1 aromatic heterocycles. The summed E-state index contributed by atoms with van der Waals surface area (Å²) in [6, 6.07) is 14.3. The molecule has 2 aromatic carbocycles. The van der Waals surface area contributed by atoms with Crippen LogP contribution in [0.4, 0.5) is 5.69 Å². The van der Waals surface area contributed by atoms with E-state index in [-0.39, 0.29) is 11.3 Å². The molecule has 122 valence electrons. The Hall–Kier alpha value is -2.55. The molecule has 0 unspecified atom stereocenters. The van der Waals surface area contributed by atoms with Gasteiger partial charge in [0.15, 0.2) is 0 Å². The zero-order valence-electron chi connectivity index (χ0n) is 14.4. The van der Waals surface area contributed by atoms with Gasteiger partial charge in [-0.2, -0.15) is 0 Å². The van der Waals surface area contributed by atoms with Gasteiger partial charge in [-0.1, -0.05) is 24.3 Å². The Morgan fingerprint density at radius 1 is 1.04 bits per heavy atom. The third-order valence-corrected chi connectivity index (χ3v) is 5.32. The van der Waals surface area contributed by atoms with Crippen LogP contribution >= 0.6 is 0 Å². The molecule has 4 rings (SSSR count). The van der Waals surface area contributed by atoms with E-state index in [4.69, 9.17) is 0 Å². The summed E-state index contributed by atoms with van der Waals surface area (Å²) >= 11 is 0. The average molecular weight is 318 g/mol. The molecule has 0 aliphatic heterocycles. The Bertz CT molecular complexity index is 948. The normalized spacial score (nSPS) is 15.5. The van der Waals surface area contributed by atoms with Crippen LogP contribution < -0.4 is 5.32 Å². The van der Waals surface area contributed by atoms with Crippen LogP contribution in [0.1, 0.15) is 35.2 Å². The summed E-state index contributed by atoms with van der Waals surface area (Å²) in [5.41, 5.74) is 6.30. The number of aryl methyl sites for hydroxylation is 3. The molecule has 0 saturated heterocycles. The van der Waals surface area contributed by atoms with Gasteiger partial charge in [-0.25, -0.2) is 0 Å². The number of benzene rings is 2. The number of carbonyl (C=O) groups is 1. The maximum Gasteiger partial charge on any atom is 0.235 e. The van der Waals surface area contributed by atoms with Crippen LogP contribution in [-0.4, -0.2) is 10.9 Å². The summed E-state index contributed by atoms with van der Waals surface area (Å²) in [7, 11) is 0. The number of nitrogens with one attached hydrogen (secondary N) is 2. The fraction of sp³-hybridized carbons (Fsp3) is 0.286. The highest BCUT2D eigenvalue weighted by molar-refractivity contribution is 6.05. The fourth-order valence-corrected chi connectivity index (χ4v) is 3.68. The molecule has 1 fully saturated rings. The fourth-order valence-electron chi connectivity index (χ4n) is 3.68. The molecular weight excluding hydrogens is 296 g/mol. The molecule has 1 aliphatic carbocycles. The lowest BCUT2D eigenvalue weighted by atomic mass is 9.92. The van der Waals surface area contributed by atoms with Gasteiger partial charge < -0.3 is 10.3 Å². The van der Waals surface area contributed by atoms with Crippen molar-refractivity contribution in [2.24, 2.45) is 0 Å². The molecule has 1 heterocycles. The number of aromatic nitrogens is 1. The Balaban J connectivity index is 1.70. The first-order chi connectivity index (χ1) is 11.5. The van der Waals surface area contributed by atoms with Crippen LogP contribution in [0.15, 0.2) is 42.5 Å². The molecule has 3 heteroatoms. The Kier molecular flexibility index (Phi) is 3.27. The molecule has 24 heavy (non-hydrogen) atoms. The van der Waals surface area contributed by atoms with Gasteiger partial charge in [0.1, 0.15) is 0 Å². The molecular formula is C21H22N2O. The van der Waals surface area contributed by atoms with Crippen LogP contribution in [0.5, 0.6) is 0 Å². The van der Waals surface area contributed by atoms with Gasteiger partial charge in [-0.15, -0.1) is 0 Å². The number of hydrogen-bond donors (Lipinski definition) is 2. The Morgan fingerprint density at radius 2 is 1.79 bits per heavy atom. The zero-order chi connectivity index (χ0) is 16.9. The number of para-hydroxylation sites is 1. The van der Waals surface area contributed by atoms with E-state index in [0.717, 1.165) is 29.7 Å². The lowest BCUT2D eigenvalue weighted by Gasteiger charge is -2.17. The number of hydrogen-bond acceptors (Lipinski definition) is 1. The van der Waals surface area contributed by atoms with Crippen molar-refractivity contribution < 1.29 is 4.79 Å². The maximum atomic E-state index is 13.1. The Morgan fingerprint density at radius 3 is 2.50 bits per heavy atom. The van der Waals surface area contributed by atoms with Gasteiger partial charge in [0.2, 0.25) is 5.91 Å². The van der Waals surface area contributed by atoms with E-state index in [1.54, 1.807) is 0 Å². The molecule has 1 aliphatic rings. The molecule has 0 radical (unpaired) electrons. The van der Waals surface area contributed by atoms with Crippen molar-refractivity contribution in [2.45, 2.75) is 39.0 Å². The monoisotopic (exact) mass is 318 g/mol. The van der Waals surface area contributed by atoms with E-state index < -0.39 is 0 Å². The van der Waals surface area contributed by atoms with Crippen molar-refractivity contribution in [3.05, 3.63) is 64.8 Å². The smallest absolute Gasteiger partial charge is 0.235 e. The Labute approximate surface area is 142 Å². The summed E-state index contributed by atoms with van der Waals surface area (Å²) in [6.07, 6.45) is 1.82. The first-order valence-corrected chi connectivity index (χ1v) is 8.48. The van der Waals surface area contributed by atoms with Gasteiger partial charge in [-0.3, -0.25) is 4.79 Å². The van der Waals surface area contributed by atoms with Gasteiger partial charge in [0.05, 0.1) is 5.41 Å². The van der Waals surface area contributed by atoms with Gasteiger partial charge in [0.25, 0.3) is 0 Å². The van der Waals surface area contributed by atoms with Crippen LogP contribution in [0.2, 0.25) is 0 Å². The summed E-state index contributed by atoms with van der Waals surface area (Å²) < 4.78 is 0. The number of carbonyl (C=O) groups excluding carboxylic acids is 1. The first kappa shape index (κ1) is 15.0. The minimum Gasteiger partial charge on any atom is -0.358 e. The summed E-state index contributed by atoms with van der Waals surface area (Å²) in [5.74, 6) is 0.110. The first-order valence-electron chi connectivity index (χ1n) is 8.48. The number of fused-ring (bicyclic) bond motifs is 1. The lowest BCUT2D eigenvalue weighted by molar-refractivity contribution is -0.118. The van der Waals surface area contributed by atoms with Gasteiger partial charge in [-0.05, 0) is 68.5 Å². The summed E-state index contributed by atoms with van der Waals surface area (Å²) in [4.78, 5) is 16.5. The topological polar surface area (TPSA) is 44.9 Å². The average Bonchev–Trinajstić information content (AvgIpc) is 3.28. The highest BCUT2D eigenvalue weighted by Crippen LogP contribution is 2.52. The quantitative estimate of drug-likeness (QED) is 0.718. The van der Waals surface area contributed by atoms with Crippen LogP contribution in [0.3, 0.4) is 0 Å². The number of aromatic amines is 1. The second kappa shape index (κ2) is 5.23. The van der Waals surface area contributed by atoms with Crippen molar-refractivity contribution in [1.82, 2.24) is 4.98 Å². The minimum atomic E-state index is -0.386. The highest BCUT2D eigenvalue weighted by Gasteiger charge is 2.53. The van der Waals surface area contributed by atoms with Crippen molar-refractivity contribution in [3.63, 3.8) is 0 Å². The van der Waals surface area contributed by atoms with Gasteiger partial charge >= 0.3 is 0 Å². The second-order valence-corrected chi connectivity index (χ2v) is 7.01. The number of H-pyrrole nitrogens is 1. The van der Waals surface area contributed by atoms with E-state index in [0.29, 0.717) is 0 Å². The predicted molar refractivity (Wildman–Crippen MR) is 98.5 cm³/mol. The molecule has 2 N–H and O–H groups in total. The second-order valence-electron chi connectivity index (χ2n) is 7.01. The van der Waals surface area contributed by atoms with Crippen molar-refractivity contribution in [1.29, 1.82) is 0 Å². The molecule has 1 amide bonds. The molecule has 3 nitrogen and oxygen atoms in total. The lowest BCUT2D eigenvalue weighted by Crippen LogP contribution is -2.28. The van der Waals surface area contributed by atoms with Crippen LogP contribution in [0, 0.1) is 20.8 Å². The third-order valence-electron chi connectivity index (χ3n) is 5.32. The standard InChI is InChI=1S/C21H22N2O/c1-13-8-9-16(12-14(13)2)23-20(24)21(10-11-21)19-15(3)22-18-7-5-4-6-17(18)19/h4-9,12,22H,10-11H2,1-3H3,(H,23,24). The predicted octanol–water partition coefficient (Wildman–Crippen LogP) is 4.76. The molecule has 3 aromatic rings. The van der Waals surface area contributed by atoms with E-state index in [1.807, 2.05) is 24.3 Å². The third kappa shape index (κ3) is 2.23. The van der Waals surface area contributed by atoms with Crippen molar-refractivity contribution >= 4 is 22.5 Å². The summed E-state index contributed by atoms with van der Waals surface area (Å²) in [6.45, 7) is 6.22. The summed E-state index contributed by atoms with van der Waals surface area (Å²) in [5, 5.41) is 4.31. The maximum absolute atomic E-state index is 13.1. The zero-order valence-corrected chi connectivity index (χ0v) is 14.4. The number of amides is 1. The van der Waals surface area contributed by atoms with Crippen LogP contribution in [-0.2, 0) is 10.2 Å². The molecule has 1 saturated carbocycles. The molecule has 0 spiro atoms. The SMILES string of the molecule is Cc1ccc(NC(=O)C2(c3c(C)[nH]c4ccccc34)CC2)cc1C. The highest BCUT2D eigenvalue weighted by atomic mass is 16.2. The number of rotatable bonds is 3. The van der Waals surface area contributed by atoms with E-state index in [1.165, 1.54) is 22.1 Å². The van der Waals surface area contributed by atoms with Crippen LogP contribution in [0.25, 0.3) is 10.9 Å². The van der Waals surface area contributed by atoms with E-state index in [9.17, 15) is 4.79 Å². The van der Waals surface area contributed by atoms with Crippen molar-refractivity contribution in [3.8, 4) is 0 Å². The largest absolute Gasteiger partial charge is 0.358 e. The van der Waals surface area contributed by atoms with E-state index in [2.05, 4.69) is 49.3 Å².